The van der Waals surface area contributed by atoms with Crippen LogP contribution in [0.1, 0.15) is 13.8 Å². The van der Waals surface area contributed by atoms with Gasteiger partial charge in [0, 0.05) is 0 Å². The van der Waals surface area contributed by atoms with E-state index in [2.05, 4.69) is 6.07 Å². The van der Waals surface area contributed by atoms with Crippen LogP contribution in [0.5, 0.6) is 0 Å². The lowest BCUT2D eigenvalue weighted by atomic mass is 9.91. The van der Waals surface area contributed by atoms with Gasteiger partial charge in [-0.15, -0.1) is 0 Å². The van der Waals surface area contributed by atoms with E-state index in [4.69, 9.17) is 5.26 Å². The van der Waals surface area contributed by atoms with E-state index >= 15 is 0 Å². The third-order valence-electron chi connectivity index (χ3n) is 1.68. The van der Waals surface area contributed by atoms with E-state index in [1.54, 1.807) is 0 Å². The summed E-state index contributed by atoms with van der Waals surface area (Å²) < 4.78 is 0. The number of nitriles is 1. The molecule has 0 aromatic carbocycles. The first-order chi connectivity index (χ1) is 5.16. The second-order valence-electron chi connectivity index (χ2n) is 3.00. The smallest absolute Gasteiger partial charge is 0.0914 e. The van der Waals surface area contributed by atoms with Crippen LogP contribution in [-0.2, 0) is 0 Å². The van der Waals surface area contributed by atoms with Gasteiger partial charge in [0.15, 0.2) is 0 Å². The number of hydrogen-bond donors (Lipinski definition) is 0. The molecule has 0 aromatic heterocycles. The van der Waals surface area contributed by atoms with Gasteiger partial charge in [0.1, 0.15) is 0 Å². The van der Waals surface area contributed by atoms with Crippen molar-refractivity contribution in [1.82, 2.24) is 0 Å². The number of hydrogen-bond acceptors (Lipinski definition) is 1. The van der Waals surface area contributed by atoms with Crippen LogP contribution in [0.3, 0.4) is 0 Å². The first kappa shape index (κ1) is 7.81. The molecule has 1 rings (SSSR count). The summed E-state index contributed by atoms with van der Waals surface area (Å²) in [5, 5.41) is 8.82. The average molecular weight is 145 g/mol. The van der Waals surface area contributed by atoms with Crippen LogP contribution in [0.4, 0.5) is 0 Å². The summed E-state index contributed by atoms with van der Waals surface area (Å²) in [4.78, 5) is 0. The molecule has 1 aliphatic carbocycles. The van der Waals surface area contributed by atoms with Crippen LogP contribution in [0, 0.1) is 16.7 Å². The maximum Gasteiger partial charge on any atom is 0.0914 e. The summed E-state index contributed by atoms with van der Waals surface area (Å²) >= 11 is 0. The van der Waals surface area contributed by atoms with Crippen LogP contribution in [0.25, 0.3) is 0 Å². The van der Waals surface area contributed by atoms with Gasteiger partial charge in [-0.1, -0.05) is 36.0 Å². The summed E-state index contributed by atoms with van der Waals surface area (Å²) in [7, 11) is 0. The van der Waals surface area contributed by atoms with E-state index < -0.39 is 5.41 Å². The Labute approximate surface area is 67.3 Å². The van der Waals surface area contributed by atoms with Crippen molar-refractivity contribution < 1.29 is 0 Å². The molecule has 0 N–H and O–H groups in total. The Morgan fingerprint density at radius 1 is 1.45 bits per heavy atom. The normalized spacial score (nSPS) is 29.0. The lowest BCUT2D eigenvalue weighted by molar-refractivity contribution is 0.732. The predicted molar refractivity (Wildman–Crippen MR) is 45.8 cm³/mol. The Hall–Kier alpha value is -1.29. The second kappa shape index (κ2) is 2.75. The minimum atomic E-state index is -0.423. The topological polar surface area (TPSA) is 23.8 Å². The van der Waals surface area contributed by atoms with Crippen molar-refractivity contribution in [3.8, 4) is 6.07 Å². The molecule has 11 heavy (non-hydrogen) atoms. The zero-order valence-corrected chi connectivity index (χ0v) is 6.83. The maximum atomic E-state index is 8.82. The highest BCUT2D eigenvalue weighted by atomic mass is 14.3. The molecule has 1 heteroatoms. The Morgan fingerprint density at radius 3 is 2.82 bits per heavy atom. The Kier molecular flexibility index (Phi) is 1.96. The highest BCUT2D eigenvalue weighted by Gasteiger charge is 2.16. The monoisotopic (exact) mass is 145 g/mol. The van der Waals surface area contributed by atoms with Gasteiger partial charge in [-0.3, -0.25) is 0 Å². The molecular weight excluding hydrogens is 134 g/mol. The molecule has 0 spiro atoms. The van der Waals surface area contributed by atoms with E-state index in [-0.39, 0.29) is 0 Å². The van der Waals surface area contributed by atoms with Crippen molar-refractivity contribution in [2.45, 2.75) is 13.8 Å². The van der Waals surface area contributed by atoms with Crippen LogP contribution in [0.15, 0.2) is 36.0 Å². The second-order valence-corrected chi connectivity index (χ2v) is 3.00. The molecule has 0 saturated heterocycles. The number of rotatable bonds is 0. The summed E-state index contributed by atoms with van der Waals surface area (Å²) in [6, 6.07) is 2.25. The lowest BCUT2D eigenvalue weighted by Crippen LogP contribution is -2.05. The van der Waals surface area contributed by atoms with Crippen molar-refractivity contribution >= 4 is 0 Å². The quantitative estimate of drug-likeness (QED) is 0.514. The zero-order valence-electron chi connectivity index (χ0n) is 6.83. The van der Waals surface area contributed by atoms with Crippen LogP contribution < -0.4 is 0 Å². The van der Waals surface area contributed by atoms with Crippen LogP contribution >= 0.6 is 0 Å². The van der Waals surface area contributed by atoms with Gasteiger partial charge in [-0.2, -0.15) is 5.26 Å². The van der Waals surface area contributed by atoms with Crippen LogP contribution in [-0.4, -0.2) is 0 Å². The summed E-state index contributed by atoms with van der Waals surface area (Å²) in [5.41, 5.74) is 0.715. The maximum absolute atomic E-state index is 8.82. The largest absolute Gasteiger partial charge is 0.197 e. The molecule has 1 nitrogen and oxygen atoms in total. The predicted octanol–water partition coefficient (Wildman–Crippen LogP) is 2.59. The van der Waals surface area contributed by atoms with Gasteiger partial charge in [-0.05, 0) is 13.8 Å². The van der Waals surface area contributed by atoms with E-state index in [1.165, 1.54) is 0 Å². The SMILES string of the molecule is CC1=CC(C)(C#N)C=CC=C1. The van der Waals surface area contributed by atoms with Crippen molar-refractivity contribution in [2.24, 2.45) is 5.41 Å². The third-order valence-corrected chi connectivity index (χ3v) is 1.68. The minimum absolute atomic E-state index is 0.423. The molecule has 0 saturated carbocycles. The van der Waals surface area contributed by atoms with Crippen molar-refractivity contribution in [3.63, 3.8) is 0 Å². The Morgan fingerprint density at radius 2 is 2.18 bits per heavy atom. The lowest BCUT2D eigenvalue weighted by Gasteiger charge is -2.09. The zero-order chi connectivity index (χ0) is 8.32. The number of nitrogens with zero attached hydrogens (tertiary/aromatic N) is 1. The fraction of sp³-hybridized carbons (Fsp3) is 0.300. The molecule has 1 unspecified atom stereocenters. The van der Waals surface area contributed by atoms with Gasteiger partial charge in [0.25, 0.3) is 0 Å². The van der Waals surface area contributed by atoms with Gasteiger partial charge in [0.05, 0.1) is 11.5 Å². The van der Waals surface area contributed by atoms with Crippen LogP contribution in [0.2, 0.25) is 0 Å². The fourth-order valence-electron chi connectivity index (χ4n) is 1.10. The van der Waals surface area contributed by atoms with Crippen molar-refractivity contribution in [2.75, 3.05) is 0 Å². The summed E-state index contributed by atoms with van der Waals surface area (Å²) in [6.45, 7) is 3.90. The molecule has 0 bridgehead atoms. The van der Waals surface area contributed by atoms with Gasteiger partial charge in [-0.25, -0.2) is 0 Å². The molecule has 0 fully saturated rings. The van der Waals surface area contributed by atoms with E-state index in [1.807, 2.05) is 44.2 Å². The standard InChI is InChI=1S/C10H11N/c1-9-5-3-4-6-10(2,7-9)8-11/h3-7H,1-2H3. The van der Waals surface area contributed by atoms with E-state index in [0.717, 1.165) is 5.57 Å². The highest BCUT2D eigenvalue weighted by Crippen LogP contribution is 2.23. The number of allylic oxidation sites excluding steroid dienone is 6. The fourth-order valence-corrected chi connectivity index (χ4v) is 1.10. The van der Waals surface area contributed by atoms with Crippen molar-refractivity contribution in [3.05, 3.63) is 36.0 Å². The van der Waals surface area contributed by atoms with E-state index in [0.29, 0.717) is 0 Å². The minimum Gasteiger partial charge on any atom is -0.197 e. The average Bonchev–Trinajstić information content (AvgIpc) is 2.13. The van der Waals surface area contributed by atoms with Crippen molar-refractivity contribution in [1.29, 1.82) is 5.26 Å². The first-order valence-corrected chi connectivity index (χ1v) is 3.63. The highest BCUT2D eigenvalue weighted by molar-refractivity contribution is 5.34. The van der Waals surface area contributed by atoms with Gasteiger partial charge < -0.3 is 0 Å². The van der Waals surface area contributed by atoms with E-state index in [9.17, 15) is 0 Å². The molecule has 0 aliphatic heterocycles. The summed E-state index contributed by atoms with van der Waals surface area (Å²) in [5.74, 6) is 0. The molecule has 0 aromatic rings. The van der Waals surface area contributed by atoms with Gasteiger partial charge in [0.2, 0.25) is 0 Å². The third kappa shape index (κ3) is 1.81. The Balaban J connectivity index is 3.05. The molecular formula is C10H11N. The molecule has 0 amide bonds. The molecule has 0 heterocycles. The van der Waals surface area contributed by atoms with Gasteiger partial charge >= 0.3 is 0 Å². The Bertz CT molecular complexity index is 276. The summed E-state index contributed by atoms with van der Waals surface area (Å²) in [6.07, 6.45) is 9.73. The molecule has 1 atom stereocenters. The molecule has 1 aliphatic rings. The molecule has 56 valence electrons. The molecule has 0 radical (unpaired) electrons. The first-order valence-electron chi connectivity index (χ1n) is 3.63.